The predicted molar refractivity (Wildman–Crippen MR) is 138 cm³/mol. The van der Waals surface area contributed by atoms with Crippen molar-refractivity contribution in [2.45, 2.75) is 13.5 Å². The molecule has 1 N–H and O–H groups in total. The molecule has 0 radical (unpaired) electrons. The first kappa shape index (κ1) is 23.3. The van der Waals surface area contributed by atoms with Crippen LogP contribution < -0.4 is 10.2 Å². The Balaban J connectivity index is 1.53. The first-order valence-electron chi connectivity index (χ1n) is 11.1. The Morgan fingerprint density at radius 3 is 2.69 bits per heavy atom. The van der Waals surface area contributed by atoms with Gasteiger partial charge in [-0.2, -0.15) is 0 Å². The van der Waals surface area contributed by atoms with Crippen LogP contribution in [0.3, 0.4) is 0 Å². The van der Waals surface area contributed by atoms with Gasteiger partial charge in [-0.15, -0.1) is 0 Å². The highest BCUT2D eigenvalue weighted by atomic mass is 32.1. The third-order valence-corrected chi connectivity index (χ3v) is 6.14. The molecular formula is C27H21N3O5S. The smallest absolute Gasteiger partial charge is 0.373 e. The van der Waals surface area contributed by atoms with Gasteiger partial charge in [-0.25, -0.2) is 4.79 Å². The summed E-state index contributed by atoms with van der Waals surface area (Å²) in [6, 6.07) is 18.2. The van der Waals surface area contributed by atoms with E-state index in [0.717, 1.165) is 16.5 Å². The minimum atomic E-state index is -0.556. The normalized spacial score (nSPS) is 15.0. The summed E-state index contributed by atoms with van der Waals surface area (Å²) in [5.41, 5.74) is 3.06. The molecule has 0 spiro atoms. The number of hydrogen-bond acceptors (Lipinski definition) is 6. The summed E-state index contributed by atoms with van der Waals surface area (Å²) in [6.07, 6.45) is 3.41. The number of aryl methyl sites for hydroxylation is 1. The molecule has 36 heavy (non-hydrogen) atoms. The molecule has 0 aliphatic carbocycles. The molecule has 4 aromatic rings. The average molecular weight is 500 g/mol. The van der Waals surface area contributed by atoms with Gasteiger partial charge < -0.3 is 13.7 Å². The van der Waals surface area contributed by atoms with Crippen LogP contribution in [0.4, 0.5) is 5.69 Å². The Kier molecular flexibility index (Phi) is 5.99. The van der Waals surface area contributed by atoms with Crippen molar-refractivity contribution in [3.8, 4) is 0 Å². The first-order chi connectivity index (χ1) is 17.4. The van der Waals surface area contributed by atoms with Gasteiger partial charge in [-0.05, 0) is 61.1 Å². The van der Waals surface area contributed by atoms with Crippen LogP contribution >= 0.6 is 12.2 Å². The predicted octanol–water partition coefficient (Wildman–Crippen LogP) is 4.21. The van der Waals surface area contributed by atoms with Crippen molar-refractivity contribution < 1.29 is 23.5 Å². The number of anilines is 1. The quantitative estimate of drug-likeness (QED) is 0.191. The molecular weight excluding hydrogens is 478 g/mol. The number of carbonyl (C=O) groups is 3. The number of aromatic nitrogens is 1. The second-order valence-electron chi connectivity index (χ2n) is 8.28. The lowest BCUT2D eigenvalue weighted by Gasteiger charge is -2.29. The number of hydrogen-bond donors (Lipinski definition) is 1. The molecule has 8 nitrogen and oxygen atoms in total. The molecule has 0 bridgehead atoms. The molecule has 1 saturated heterocycles. The molecule has 2 aromatic carbocycles. The lowest BCUT2D eigenvalue weighted by atomic mass is 10.1. The number of para-hydroxylation sites is 1. The van der Waals surface area contributed by atoms with Crippen LogP contribution in [0.15, 0.2) is 76.9 Å². The molecule has 2 amide bonds. The lowest BCUT2D eigenvalue weighted by molar-refractivity contribution is -0.122. The standard InChI is InChI=1S/C27H21N3O5S/c1-16-6-5-7-18(12-16)30-25(32)21(24(31)28-27(30)36)13-17-14-29(22-9-4-3-8-20(17)22)15-19-10-11-23(35-19)26(33)34-2/h3-14H,15H2,1-2H3,(H,28,31,36)/b21-13+. The molecule has 0 unspecified atom stereocenters. The van der Waals surface area contributed by atoms with Crippen molar-refractivity contribution in [1.82, 2.24) is 9.88 Å². The van der Waals surface area contributed by atoms with Gasteiger partial charge >= 0.3 is 5.97 Å². The molecule has 0 atom stereocenters. The number of ether oxygens (including phenoxy) is 1. The van der Waals surface area contributed by atoms with Gasteiger partial charge in [0.2, 0.25) is 5.76 Å². The molecule has 0 saturated carbocycles. The number of nitrogens with zero attached hydrogens (tertiary/aromatic N) is 2. The molecule has 1 aliphatic heterocycles. The fourth-order valence-corrected chi connectivity index (χ4v) is 4.46. The Morgan fingerprint density at radius 1 is 1.11 bits per heavy atom. The maximum absolute atomic E-state index is 13.4. The van der Waals surface area contributed by atoms with Gasteiger partial charge in [0.1, 0.15) is 11.3 Å². The Hall–Kier alpha value is -4.50. The fourth-order valence-electron chi connectivity index (χ4n) is 4.18. The number of furan rings is 1. The number of nitrogens with one attached hydrogen (secondary N) is 1. The Morgan fingerprint density at radius 2 is 1.92 bits per heavy atom. The monoisotopic (exact) mass is 499 g/mol. The number of esters is 1. The van der Waals surface area contributed by atoms with E-state index in [-0.39, 0.29) is 16.4 Å². The van der Waals surface area contributed by atoms with Gasteiger partial charge in [0.15, 0.2) is 5.11 Å². The van der Waals surface area contributed by atoms with Crippen LogP contribution in [0.5, 0.6) is 0 Å². The Bertz CT molecular complexity index is 1580. The third-order valence-electron chi connectivity index (χ3n) is 5.86. The van der Waals surface area contributed by atoms with Crippen molar-refractivity contribution >= 4 is 57.8 Å². The number of benzene rings is 2. The summed E-state index contributed by atoms with van der Waals surface area (Å²) in [4.78, 5) is 39.3. The highest BCUT2D eigenvalue weighted by Crippen LogP contribution is 2.28. The fraction of sp³-hybridized carbons (Fsp3) is 0.111. The summed E-state index contributed by atoms with van der Waals surface area (Å²) < 4.78 is 12.2. The van der Waals surface area contributed by atoms with Crippen LogP contribution in [0, 0.1) is 6.92 Å². The minimum absolute atomic E-state index is 0.0287. The van der Waals surface area contributed by atoms with E-state index >= 15 is 0 Å². The zero-order valence-electron chi connectivity index (χ0n) is 19.5. The SMILES string of the molecule is COC(=O)c1ccc(Cn2cc(/C=C3\C(=O)NC(=S)N(c4cccc(C)c4)C3=O)c3ccccc32)o1. The zero-order chi connectivity index (χ0) is 25.4. The molecule has 5 rings (SSSR count). The number of thiocarbonyl (C=S) groups is 1. The summed E-state index contributed by atoms with van der Waals surface area (Å²) >= 11 is 5.31. The summed E-state index contributed by atoms with van der Waals surface area (Å²) in [7, 11) is 1.29. The first-order valence-corrected chi connectivity index (χ1v) is 11.5. The topological polar surface area (TPSA) is 93.8 Å². The summed E-state index contributed by atoms with van der Waals surface area (Å²) in [6.45, 7) is 2.25. The number of fused-ring (bicyclic) bond motifs is 1. The van der Waals surface area contributed by atoms with Crippen LogP contribution in [0.25, 0.3) is 17.0 Å². The summed E-state index contributed by atoms with van der Waals surface area (Å²) in [5, 5.41) is 3.51. The van der Waals surface area contributed by atoms with Gasteiger partial charge in [0.05, 0.1) is 19.3 Å². The lowest BCUT2D eigenvalue weighted by Crippen LogP contribution is -2.54. The number of rotatable bonds is 5. The Labute approximate surface area is 211 Å². The maximum atomic E-state index is 13.4. The van der Waals surface area contributed by atoms with E-state index in [2.05, 4.69) is 5.32 Å². The third kappa shape index (κ3) is 4.20. The molecule has 3 heterocycles. The van der Waals surface area contributed by atoms with Crippen molar-refractivity contribution in [3.63, 3.8) is 0 Å². The van der Waals surface area contributed by atoms with Crippen molar-refractivity contribution in [1.29, 1.82) is 0 Å². The van der Waals surface area contributed by atoms with Gasteiger partial charge in [0.25, 0.3) is 11.8 Å². The second kappa shape index (κ2) is 9.27. The van der Waals surface area contributed by atoms with Crippen molar-refractivity contribution in [2.75, 3.05) is 12.0 Å². The van der Waals surface area contributed by atoms with Gasteiger partial charge in [0, 0.05) is 22.7 Å². The summed E-state index contributed by atoms with van der Waals surface area (Å²) in [5.74, 6) is -0.942. The van der Waals surface area contributed by atoms with E-state index in [1.54, 1.807) is 24.3 Å². The highest BCUT2D eigenvalue weighted by molar-refractivity contribution is 7.80. The largest absolute Gasteiger partial charge is 0.463 e. The van der Waals surface area contributed by atoms with E-state index in [1.807, 2.05) is 60.2 Å². The van der Waals surface area contributed by atoms with E-state index in [1.165, 1.54) is 12.0 Å². The van der Waals surface area contributed by atoms with Crippen molar-refractivity contribution in [3.05, 3.63) is 95.1 Å². The van der Waals surface area contributed by atoms with E-state index < -0.39 is 17.8 Å². The molecule has 180 valence electrons. The minimum Gasteiger partial charge on any atom is -0.463 e. The number of methoxy groups -OCH3 is 1. The number of amides is 2. The van der Waals surface area contributed by atoms with Crippen LogP contribution in [0.2, 0.25) is 0 Å². The van der Waals surface area contributed by atoms with E-state index in [4.69, 9.17) is 21.4 Å². The molecule has 1 aliphatic rings. The van der Waals surface area contributed by atoms with E-state index in [0.29, 0.717) is 23.6 Å². The molecule has 2 aromatic heterocycles. The molecule has 1 fully saturated rings. The molecule has 9 heteroatoms. The van der Waals surface area contributed by atoms with Crippen LogP contribution in [0.1, 0.15) is 27.4 Å². The second-order valence-corrected chi connectivity index (χ2v) is 8.67. The van der Waals surface area contributed by atoms with E-state index in [9.17, 15) is 14.4 Å². The highest BCUT2D eigenvalue weighted by Gasteiger charge is 2.34. The number of carbonyl (C=O) groups excluding carboxylic acids is 3. The van der Waals surface area contributed by atoms with Crippen LogP contribution in [-0.4, -0.2) is 34.6 Å². The van der Waals surface area contributed by atoms with Gasteiger partial charge in [-0.1, -0.05) is 30.3 Å². The van der Waals surface area contributed by atoms with Crippen LogP contribution in [-0.2, 0) is 20.9 Å². The average Bonchev–Trinajstić information content (AvgIpc) is 3.46. The maximum Gasteiger partial charge on any atom is 0.373 e. The van der Waals surface area contributed by atoms with Gasteiger partial charge in [-0.3, -0.25) is 19.8 Å². The van der Waals surface area contributed by atoms with Crippen molar-refractivity contribution in [2.24, 2.45) is 0 Å². The zero-order valence-corrected chi connectivity index (χ0v) is 20.3.